The Labute approximate surface area is 192 Å². The molecule has 0 amide bonds. The van der Waals surface area contributed by atoms with Crippen molar-refractivity contribution in [2.75, 3.05) is 5.32 Å². The zero-order valence-electron chi connectivity index (χ0n) is 19.4. The molecule has 0 saturated carbocycles. The first-order valence-electron chi connectivity index (χ1n) is 11.0. The predicted molar refractivity (Wildman–Crippen MR) is 139 cm³/mol. The second kappa shape index (κ2) is 11.0. The van der Waals surface area contributed by atoms with Crippen molar-refractivity contribution in [2.24, 2.45) is 0 Å². The lowest BCUT2D eigenvalue weighted by molar-refractivity contribution is 0.483. The van der Waals surface area contributed by atoms with Crippen LogP contribution in [0.15, 0.2) is 104 Å². The molecule has 0 unspecified atom stereocenters. The third-order valence-electron chi connectivity index (χ3n) is 5.00. The van der Waals surface area contributed by atoms with E-state index in [1.165, 1.54) is 16.7 Å². The van der Waals surface area contributed by atoms with Crippen molar-refractivity contribution in [1.29, 1.82) is 0 Å². The van der Waals surface area contributed by atoms with Crippen LogP contribution < -0.4 is 10.1 Å². The van der Waals surface area contributed by atoms with Gasteiger partial charge in [-0.1, -0.05) is 80.1 Å². The lowest BCUT2D eigenvalue weighted by Gasteiger charge is -2.10. The van der Waals surface area contributed by atoms with Crippen LogP contribution >= 0.6 is 0 Å². The molecular weight excluding hydrogens is 390 g/mol. The van der Waals surface area contributed by atoms with E-state index in [9.17, 15) is 0 Å². The number of hydrogen-bond donors (Lipinski definition) is 1. The number of benzene rings is 4. The summed E-state index contributed by atoms with van der Waals surface area (Å²) in [6.07, 6.45) is 0. The van der Waals surface area contributed by atoms with Gasteiger partial charge in [0.25, 0.3) is 0 Å². The summed E-state index contributed by atoms with van der Waals surface area (Å²) in [6, 6.07) is 33.0. The molecule has 0 spiro atoms. The molecule has 1 N–H and O–H groups in total. The Balaban J connectivity index is 0.00000141. The first-order chi connectivity index (χ1) is 15.6. The Morgan fingerprint density at radius 1 is 0.625 bits per heavy atom. The minimum absolute atomic E-state index is 0.808. The largest absolute Gasteiger partial charge is 0.457 e. The summed E-state index contributed by atoms with van der Waals surface area (Å²) in [5, 5.41) is 3.40. The van der Waals surface area contributed by atoms with Gasteiger partial charge < -0.3 is 10.1 Å². The molecule has 0 bridgehead atoms. The first kappa shape index (κ1) is 22.9. The van der Waals surface area contributed by atoms with Gasteiger partial charge in [-0.25, -0.2) is 0 Å². The molecule has 0 radical (unpaired) electrons. The fourth-order valence-corrected chi connectivity index (χ4v) is 3.21. The summed E-state index contributed by atoms with van der Waals surface area (Å²) in [6.45, 7) is 12.1. The molecule has 162 valence electrons. The van der Waals surface area contributed by atoms with Crippen molar-refractivity contribution in [3.8, 4) is 22.6 Å². The Kier molecular flexibility index (Phi) is 7.88. The fourth-order valence-electron chi connectivity index (χ4n) is 3.21. The lowest BCUT2D eigenvalue weighted by Crippen LogP contribution is -1.90. The van der Waals surface area contributed by atoms with Crippen molar-refractivity contribution in [3.05, 3.63) is 115 Å². The highest BCUT2D eigenvalue weighted by atomic mass is 16.5. The van der Waals surface area contributed by atoms with Crippen molar-refractivity contribution < 1.29 is 4.74 Å². The van der Waals surface area contributed by atoms with E-state index in [0.29, 0.717) is 0 Å². The number of ether oxygens (including phenoxy) is 1. The average Bonchev–Trinajstić information content (AvgIpc) is 2.84. The third-order valence-corrected chi connectivity index (χ3v) is 5.00. The van der Waals surface area contributed by atoms with Crippen LogP contribution in [-0.2, 0) is 0 Å². The van der Waals surface area contributed by atoms with Crippen LogP contribution in [0, 0.1) is 6.92 Å². The molecule has 4 aromatic rings. The summed E-state index contributed by atoms with van der Waals surface area (Å²) < 4.78 is 6.00. The maximum atomic E-state index is 6.00. The monoisotopic (exact) mass is 421 g/mol. The quantitative estimate of drug-likeness (QED) is 0.335. The van der Waals surface area contributed by atoms with E-state index in [-0.39, 0.29) is 0 Å². The molecule has 0 heterocycles. The zero-order valence-corrected chi connectivity index (χ0v) is 19.4. The molecule has 0 aromatic heterocycles. The van der Waals surface area contributed by atoms with Gasteiger partial charge >= 0.3 is 0 Å². The number of allylic oxidation sites excluding steroid dienone is 1. The summed E-state index contributed by atoms with van der Waals surface area (Å²) in [4.78, 5) is 0. The van der Waals surface area contributed by atoms with Crippen LogP contribution in [0.2, 0.25) is 0 Å². The summed E-state index contributed by atoms with van der Waals surface area (Å²) in [5.74, 6) is 1.62. The summed E-state index contributed by atoms with van der Waals surface area (Å²) in [5.41, 5.74) is 7.93. The van der Waals surface area contributed by atoms with Crippen molar-refractivity contribution in [1.82, 2.24) is 0 Å². The van der Waals surface area contributed by atoms with Gasteiger partial charge in [0, 0.05) is 11.4 Å². The molecule has 4 rings (SSSR count). The molecule has 2 nitrogen and oxygen atoms in total. The van der Waals surface area contributed by atoms with Crippen LogP contribution in [0.5, 0.6) is 11.5 Å². The van der Waals surface area contributed by atoms with E-state index in [0.717, 1.165) is 34.0 Å². The van der Waals surface area contributed by atoms with Crippen molar-refractivity contribution in [3.63, 3.8) is 0 Å². The second-order valence-electron chi connectivity index (χ2n) is 7.50. The highest BCUT2D eigenvalue weighted by Gasteiger charge is 2.02. The molecule has 0 aliphatic rings. The Morgan fingerprint density at radius 3 is 1.50 bits per heavy atom. The minimum Gasteiger partial charge on any atom is -0.457 e. The fraction of sp³-hybridized carbons (Fsp3) is 0.133. The highest BCUT2D eigenvalue weighted by Crippen LogP contribution is 2.28. The van der Waals surface area contributed by atoms with E-state index in [2.05, 4.69) is 79.5 Å². The number of hydrogen-bond acceptors (Lipinski definition) is 2. The predicted octanol–water partition coefficient (Wildman–Crippen LogP) is 9.26. The van der Waals surface area contributed by atoms with Crippen LogP contribution in [0.25, 0.3) is 16.7 Å². The van der Waals surface area contributed by atoms with Crippen LogP contribution in [0.4, 0.5) is 11.4 Å². The molecule has 0 aliphatic carbocycles. The van der Waals surface area contributed by atoms with Gasteiger partial charge in [-0.05, 0) is 79.1 Å². The Morgan fingerprint density at radius 2 is 1.03 bits per heavy atom. The molecule has 2 heteroatoms. The van der Waals surface area contributed by atoms with Crippen molar-refractivity contribution in [2.45, 2.75) is 27.7 Å². The third kappa shape index (κ3) is 6.12. The van der Waals surface area contributed by atoms with Gasteiger partial charge in [0.1, 0.15) is 11.5 Å². The smallest absolute Gasteiger partial charge is 0.127 e. The zero-order chi connectivity index (χ0) is 22.9. The highest BCUT2D eigenvalue weighted by molar-refractivity contribution is 5.69. The van der Waals surface area contributed by atoms with E-state index < -0.39 is 0 Å². The number of aryl methyl sites for hydroxylation is 1. The van der Waals surface area contributed by atoms with Gasteiger partial charge in [0.05, 0.1) is 0 Å². The SMILES string of the molecule is C=C(C)c1ccc(-c2ccc(Oc3ccc(Nc4ccc(C)cc4)cc3)cc2)cc1.CC. The van der Waals surface area contributed by atoms with Gasteiger partial charge in [-0.3, -0.25) is 0 Å². The topological polar surface area (TPSA) is 21.3 Å². The van der Waals surface area contributed by atoms with E-state index in [1.54, 1.807) is 0 Å². The molecule has 32 heavy (non-hydrogen) atoms. The summed E-state index contributed by atoms with van der Waals surface area (Å²) >= 11 is 0. The molecule has 0 atom stereocenters. The molecular formula is C30H31NO. The lowest BCUT2D eigenvalue weighted by atomic mass is 10.0. The van der Waals surface area contributed by atoms with E-state index in [4.69, 9.17) is 4.74 Å². The Hall–Kier alpha value is -3.78. The minimum atomic E-state index is 0.808. The normalized spacial score (nSPS) is 10.0. The van der Waals surface area contributed by atoms with Gasteiger partial charge in [0.15, 0.2) is 0 Å². The standard InChI is InChI=1S/C28H25NO.C2H6/c1-20(2)22-6-8-23(9-7-22)24-10-16-27(17-11-24)30-28-18-14-26(15-19-28)29-25-12-4-21(3)5-13-25;1-2/h4-19,29H,1H2,2-3H3;1-2H3. The van der Waals surface area contributed by atoms with Crippen molar-refractivity contribution >= 4 is 16.9 Å². The molecule has 0 fully saturated rings. The number of rotatable bonds is 6. The molecule has 0 aliphatic heterocycles. The average molecular weight is 422 g/mol. The number of anilines is 2. The Bertz CT molecular complexity index is 1120. The van der Waals surface area contributed by atoms with Gasteiger partial charge in [-0.15, -0.1) is 0 Å². The second-order valence-corrected chi connectivity index (χ2v) is 7.50. The molecule has 0 saturated heterocycles. The van der Waals surface area contributed by atoms with Crippen LogP contribution in [0.3, 0.4) is 0 Å². The van der Waals surface area contributed by atoms with E-state index >= 15 is 0 Å². The van der Waals surface area contributed by atoms with E-state index in [1.807, 2.05) is 57.2 Å². The maximum absolute atomic E-state index is 6.00. The van der Waals surface area contributed by atoms with Gasteiger partial charge in [0.2, 0.25) is 0 Å². The summed E-state index contributed by atoms with van der Waals surface area (Å²) in [7, 11) is 0. The van der Waals surface area contributed by atoms with Gasteiger partial charge in [-0.2, -0.15) is 0 Å². The van der Waals surface area contributed by atoms with Crippen LogP contribution in [0.1, 0.15) is 31.9 Å². The van der Waals surface area contributed by atoms with Crippen LogP contribution in [-0.4, -0.2) is 0 Å². The maximum Gasteiger partial charge on any atom is 0.127 e. The first-order valence-corrected chi connectivity index (χ1v) is 11.0. The number of nitrogens with one attached hydrogen (secondary N) is 1. The molecule has 4 aromatic carbocycles.